The molecule has 0 spiro atoms. The number of hydrogen-bond donors (Lipinski definition) is 2. The van der Waals surface area contributed by atoms with Gasteiger partial charge in [-0.1, -0.05) is 6.42 Å². The second-order valence-corrected chi connectivity index (χ2v) is 4.17. The van der Waals surface area contributed by atoms with E-state index in [1.54, 1.807) is 0 Å². The quantitative estimate of drug-likeness (QED) is 0.743. The number of anilines is 1. The topological polar surface area (TPSA) is 80.9 Å². The number of nitrogens with one attached hydrogen (secondary N) is 1. The molecule has 1 atom stereocenters. The molecular weight excluding hydrogens is 194 g/mol. The molecule has 15 heavy (non-hydrogen) atoms. The van der Waals surface area contributed by atoms with Crippen molar-refractivity contribution in [3.63, 3.8) is 0 Å². The summed E-state index contributed by atoms with van der Waals surface area (Å²) in [6, 6.07) is 1.33. The van der Waals surface area contributed by atoms with E-state index in [0.29, 0.717) is 5.92 Å². The zero-order valence-corrected chi connectivity index (χ0v) is 8.69. The van der Waals surface area contributed by atoms with Crippen LogP contribution in [0.15, 0.2) is 15.7 Å². The van der Waals surface area contributed by atoms with Gasteiger partial charge in [0.2, 0.25) is 0 Å². The fraction of sp³-hybridized carbons (Fsp3) is 0.600. The third-order valence-electron chi connectivity index (χ3n) is 3.25. The summed E-state index contributed by atoms with van der Waals surface area (Å²) in [5.41, 5.74) is 4.84. The first kappa shape index (κ1) is 10.0. The second-order valence-electron chi connectivity index (χ2n) is 4.17. The highest BCUT2D eigenvalue weighted by atomic mass is 16.2. The van der Waals surface area contributed by atoms with Gasteiger partial charge in [0.15, 0.2) is 0 Å². The summed E-state index contributed by atoms with van der Waals surface area (Å²) in [6.07, 6.45) is 3.48. The summed E-state index contributed by atoms with van der Waals surface area (Å²) in [5, 5.41) is 0. The maximum absolute atomic E-state index is 11.6. The van der Waals surface area contributed by atoms with E-state index in [9.17, 15) is 9.59 Å². The number of aromatic amines is 1. The van der Waals surface area contributed by atoms with E-state index >= 15 is 0 Å². The molecule has 1 aromatic rings. The molecular formula is C10H15N3O2. The van der Waals surface area contributed by atoms with Crippen LogP contribution < -0.4 is 17.0 Å². The van der Waals surface area contributed by atoms with Gasteiger partial charge in [-0.2, -0.15) is 0 Å². The SMILES string of the molecule is CC(C1CCC1)n1c(N)cc(=O)[nH]c1=O. The molecule has 5 heteroatoms. The number of nitrogen functional groups attached to an aromatic ring is 1. The number of H-pyrrole nitrogens is 1. The van der Waals surface area contributed by atoms with Crippen molar-refractivity contribution in [1.82, 2.24) is 9.55 Å². The van der Waals surface area contributed by atoms with Gasteiger partial charge in [-0.25, -0.2) is 4.79 Å². The molecule has 0 bridgehead atoms. The molecule has 1 aliphatic carbocycles. The molecule has 0 amide bonds. The minimum absolute atomic E-state index is 0.0723. The second kappa shape index (κ2) is 3.56. The molecule has 82 valence electrons. The van der Waals surface area contributed by atoms with Gasteiger partial charge in [-0.05, 0) is 25.7 Å². The average molecular weight is 209 g/mol. The first-order valence-electron chi connectivity index (χ1n) is 5.21. The van der Waals surface area contributed by atoms with Crippen LogP contribution in [-0.2, 0) is 0 Å². The third kappa shape index (κ3) is 1.69. The van der Waals surface area contributed by atoms with Crippen LogP contribution in [-0.4, -0.2) is 9.55 Å². The van der Waals surface area contributed by atoms with Crippen molar-refractivity contribution >= 4 is 5.82 Å². The molecule has 1 unspecified atom stereocenters. The van der Waals surface area contributed by atoms with Gasteiger partial charge in [-0.15, -0.1) is 0 Å². The zero-order chi connectivity index (χ0) is 11.0. The Labute approximate surface area is 86.9 Å². The van der Waals surface area contributed by atoms with Crippen molar-refractivity contribution in [3.8, 4) is 0 Å². The summed E-state index contributed by atoms with van der Waals surface area (Å²) < 4.78 is 1.48. The highest BCUT2D eigenvalue weighted by Gasteiger charge is 2.26. The van der Waals surface area contributed by atoms with Gasteiger partial charge in [0, 0.05) is 12.1 Å². The highest BCUT2D eigenvalue weighted by Crippen LogP contribution is 2.35. The van der Waals surface area contributed by atoms with E-state index in [1.165, 1.54) is 17.1 Å². The fourth-order valence-electron chi connectivity index (χ4n) is 2.08. The monoisotopic (exact) mass is 209 g/mol. The molecule has 1 fully saturated rings. The Morgan fingerprint density at radius 3 is 2.67 bits per heavy atom. The molecule has 1 aromatic heterocycles. The molecule has 1 heterocycles. The number of rotatable bonds is 2. The van der Waals surface area contributed by atoms with E-state index in [1.807, 2.05) is 6.92 Å². The van der Waals surface area contributed by atoms with Crippen molar-refractivity contribution < 1.29 is 0 Å². The van der Waals surface area contributed by atoms with Crippen LogP contribution in [0.25, 0.3) is 0 Å². The van der Waals surface area contributed by atoms with Crippen molar-refractivity contribution in [1.29, 1.82) is 0 Å². The van der Waals surface area contributed by atoms with E-state index < -0.39 is 11.2 Å². The zero-order valence-electron chi connectivity index (χ0n) is 8.69. The summed E-state index contributed by atoms with van der Waals surface area (Å²) in [7, 11) is 0. The summed E-state index contributed by atoms with van der Waals surface area (Å²) in [6.45, 7) is 1.97. The van der Waals surface area contributed by atoms with Gasteiger partial charge >= 0.3 is 5.69 Å². The van der Waals surface area contributed by atoms with Crippen LogP contribution in [0, 0.1) is 5.92 Å². The average Bonchev–Trinajstić information content (AvgIpc) is 1.97. The van der Waals surface area contributed by atoms with E-state index in [4.69, 9.17) is 5.73 Å². The summed E-state index contributed by atoms with van der Waals surface area (Å²) >= 11 is 0. The number of nitrogens with two attached hydrogens (primary N) is 1. The van der Waals surface area contributed by atoms with E-state index in [2.05, 4.69) is 4.98 Å². The van der Waals surface area contributed by atoms with Gasteiger partial charge in [0.05, 0.1) is 0 Å². The smallest absolute Gasteiger partial charge is 0.330 e. The Morgan fingerprint density at radius 1 is 1.53 bits per heavy atom. The lowest BCUT2D eigenvalue weighted by molar-refractivity contribution is 0.219. The van der Waals surface area contributed by atoms with Gasteiger partial charge < -0.3 is 5.73 Å². The Balaban J connectivity index is 2.42. The maximum Gasteiger partial charge on any atom is 0.330 e. The standard InChI is InChI=1S/C10H15N3O2/c1-6(7-3-2-4-7)13-8(11)5-9(14)12-10(13)15/h5-7H,2-4,11H2,1H3,(H,12,14,15). The van der Waals surface area contributed by atoms with E-state index in [0.717, 1.165) is 12.8 Å². The lowest BCUT2D eigenvalue weighted by Crippen LogP contribution is -2.37. The number of nitrogens with zero attached hydrogens (tertiary/aromatic N) is 1. The van der Waals surface area contributed by atoms with Gasteiger partial charge in [0.25, 0.3) is 5.56 Å². The van der Waals surface area contributed by atoms with Crippen molar-refractivity contribution in [2.45, 2.75) is 32.2 Å². The summed E-state index contributed by atoms with van der Waals surface area (Å²) in [5.74, 6) is 0.763. The first-order valence-corrected chi connectivity index (χ1v) is 5.21. The van der Waals surface area contributed by atoms with Crippen LogP contribution in [0.3, 0.4) is 0 Å². The lowest BCUT2D eigenvalue weighted by atomic mass is 9.80. The van der Waals surface area contributed by atoms with Crippen LogP contribution in [0.5, 0.6) is 0 Å². The number of aromatic nitrogens is 2. The molecule has 2 rings (SSSR count). The molecule has 0 aromatic carbocycles. The molecule has 0 aliphatic heterocycles. The Bertz CT molecular complexity index is 470. The van der Waals surface area contributed by atoms with Crippen LogP contribution >= 0.6 is 0 Å². The highest BCUT2D eigenvalue weighted by molar-refractivity contribution is 5.27. The fourth-order valence-corrected chi connectivity index (χ4v) is 2.08. The first-order chi connectivity index (χ1) is 7.09. The predicted molar refractivity (Wildman–Crippen MR) is 57.8 cm³/mol. The minimum Gasteiger partial charge on any atom is -0.385 e. The van der Waals surface area contributed by atoms with Crippen molar-refractivity contribution in [2.75, 3.05) is 5.73 Å². The number of hydrogen-bond acceptors (Lipinski definition) is 3. The molecule has 5 nitrogen and oxygen atoms in total. The van der Waals surface area contributed by atoms with Gasteiger partial charge in [0.1, 0.15) is 5.82 Å². The Morgan fingerprint density at radius 2 is 2.20 bits per heavy atom. The summed E-state index contributed by atoms with van der Waals surface area (Å²) in [4.78, 5) is 24.8. The normalized spacial score (nSPS) is 18.5. The van der Waals surface area contributed by atoms with E-state index in [-0.39, 0.29) is 11.9 Å². The van der Waals surface area contributed by atoms with Crippen molar-refractivity contribution in [2.24, 2.45) is 5.92 Å². The predicted octanol–water partition coefficient (Wildman–Crippen LogP) is 0.480. The molecule has 0 radical (unpaired) electrons. The molecule has 1 saturated carbocycles. The molecule has 3 N–H and O–H groups in total. The third-order valence-corrected chi connectivity index (χ3v) is 3.25. The molecule has 0 saturated heterocycles. The minimum atomic E-state index is -0.436. The lowest BCUT2D eigenvalue weighted by Gasteiger charge is -2.32. The van der Waals surface area contributed by atoms with Crippen molar-refractivity contribution in [3.05, 3.63) is 26.9 Å². The maximum atomic E-state index is 11.6. The van der Waals surface area contributed by atoms with Gasteiger partial charge in [-0.3, -0.25) is 14.3 Å². The molecule has 1 aliphatic rings. The van der Waals surface area contributed by atoms with Crippen LogP contribution in [0.2, 0.25) is 0 Å². The van der Waals surface area contributed by atoms with Crippen LogP contribution in [0.1, 0.15) is 32.2 Å². The Kier molecular flexibility index (Phi) is 2.38. The Hall–Kier alpha value is -1.52. The van der Waals surface area contributed by atoms with Crippen LogP contribution in [0.4, 0.5) is 5.82 Å². The largest absolute Gasteiger partial charge is 0.385 e.